The molecular formula is C8H12BNO3. The van der Waals surface area contributed by atoms with Crippen molar-refractivity contribution in [2.45, 2.75) is 18.8 Å². The van der Waals surface area contributed by atoms with Crippen molar-refractivity contribution in [1.82, 2.24) is 5.32 Å². The molecule has 3 N–H and O–H groups in total. The lowest BCUT2D eigenvalue weighted by Gasteiger charge is -2.30. The fourth-order valence-electron chi connectivity index (χ4n) is 1.31. The summed E-state index contributed by atoms with van der Waals surface area (Å²) in [7, 11) is -1.59. The van der Waals surface area contributed by atoms with E-state index in [1.807, 2.05) is 0 Å². The van der Waals surface area contributed by atoms with Crippen LogP contribution in [0.4, 0.5) is 0 Å². The third-order valence-electron chi connectivity index (χ3n) is 1.97. The summed E-state index contributed by atoms with van der Waals surface area (Å²) in [6.07, 6.45) is 7.22. The van der Waals surface area contributed by atoms with E-state index in [2.05, 4.69) is 5.32 Å². The Morgan fingerprint density at radius 3 is 2.62 bits per heavy atom. The van der Waals surface area contributed by atoms with Crippen LogP contribution in [0, 0.1) is 0 Å². The van der Waals surface area contributed by atoms with Gasteiger partial charge in [-0.2, -0.15) is 0 Å². The first-order valence-corrected chi connectivity index (χ1v) is 4.06. The molecule has 1 aliphatic rings. The van der Waals surface area contributed by atoms with Crippen molar-refractivity contribution in [2.24, 2.45) is 0 Å². The third kappa shape index (κ3) is 2.20. The second-order valence-corrected chi connectivity index (χ2v) is 3.09. The molecule has 1 amide bonds. The molecule has 1 unspecified atom stereocenters. The second-order valence-electron chi connectivity index (χ2n) is 3.09. The third-order valence-corrected chi connectivity index (χ3v) is 1.97. The van der Waals surface area contributed by atoms with Crippen molar-refractivity contribution in [3.63, 3.8) is 0 Å². The highest BCUT2D eigenvalue weighted by molar-refractivity contribution is 6.47. The zero-order valence-corrected chi connectivity index (χ0v) is 7.40. The van der Waals surface area contributed by atoms with Crippen molar-refractivity contribution in [3.05, 3.63) is 24.3 Å². The molecule has 0 aromatic carbocycles. The van der Waals surface area contributed by atoms with Crippen LogP contribution in [0.25, 0.3) is 0 Å². The summed E-state index contributed by atoms with van der Waals surface area (Å²) in [5, 5.41) is 20.8. The van der Waals surface area contributed by atoms with E-state index in [9.17, 15) is 4.79 Å². The highest BCUT2D eigenvalue weighted by Crippen LogP contribution is 2.18. The van der Waals surface area contributed by atoms with Crippen molar-refractivity contribution in [2.75, 3.05) is 0 Å². The van der Waals surface area contributed by atoms with Gasteiger partial charge in [0.05, 0.1) is 5.44 Å². The predicted octanol–water partition coefficient (Wildman–Crippen LogP) is -0.611. The smallest absolute Gasteiger partial charge is 0.425 e. The Hall–Kier alpha value is -1.07. The molecule has 0 saturated carbocycles. The Balaban J connectivity index is 2.82. The zero-order chi connectivity index (χ0) is 9.90. The predicted molar refractivity (Wildman–Crippen MR) is 49.6 cm³/mol. The van der Waals surface area contributed by atoms with Crippen LogP contribution in [0.15, 0.2) is 24.3 Å². The van der Waals surface area contributed by atoms with Gasteiger partial charge in [-0.05, 0) is 6.42 Å². The molecule has 1 rings (SSSR count). The van der Waals surface area contributed by atoms with Crippen molar-refractivity contribution in [3.8, 4) is 0 Å². The van der Waals surface area contributed by atoms with Gasteiger partial charge in [-0.15, -0.1) is 0 Å². The number of nitrogens with one attached hydrogen (secondary N) is 1. The summed E-state index contributed by atoms with van der Waals surface area (Å²) in [6.45, 7) is 1.34. The summed E-state index contributed by atoms with van der Waals surface area (Å²) in [5.41, 5.74) is -1.05. The van der Waals surface area contributed by atoms with E-state index in [0.29, 0.717) is 6.42 Å². The van der Waals surface area contributed by atoms with Gasteiger partial charge in [-0.1, -0.05) is 24.3 Å². The molecule has 5 heteroatoms. The van der Waals surface area contributed by atoms with E-state index in [0.717, 1.165) is 0 Å². The Morgan fingerprint density at radius 1 is 1.54 bits per heavy atom. The Morgan fingerprint density at radius 2 is 2.23 bits per heavy atom. The average Bonchev–Trinajstić information content (AvgIpc) is 2.04. The van der Waals surface area contributed by atoms with Gasteiger partial charge in [0.15, 0.2) is 0 Å². The van der Waals surface area contributed by atoms with E-state index < -0.39 is 12.6 Å². The number of allylic oxidation sites excluding steroid dienone is 2. The molecule has 13 heavy (non-hydrogen) atoms. The minimum absolute atomic E-state index is 0.284. The zero-order valence-electron chi connectivity index (χ0n) is 7.40. The Kier molecular flexibility index (Phi) is 2.90. The maximum Gasteiger partial charge on any atom is 0.483 e. The van der Waals surface area contributed by atoms with E-state index in [1.165, 1.54) is 6.92 Å². The second kappa shape index (κ2) is 3.76. The SMILES string of the molecule is CC(=O)NC1(B(O)O)C=CC=CC1. The van der Waals surface area contributed by atoms with Crippen molar-refractivity contribution < 1.29 is 14.8 Å². The minimum Gasteiger partial charge on any atom is -0.425 e. The van der Waals surface area contributed by atoms with Gasteiger partial charge >= 0.3 is 7.12 Å². The van der Waals surface area contributed by atoms with Gasteiger partial charge in [-0.3, -0.25) is 4.79 Å². The molecule has 0 radical (unpaired) electrons. The lowest BCUT2D eigenvalue weighted by Crippen LogP contribution is -2.58. The molecular weight excluding hydrogens is 169 g/mol. The molecule has 1 atom stereocenters. The summed E-state index contributed by atoms with van der Waals surface area (Å²) in [4.78, 5) is 10.8. The molecule has 70 valence electrons. The van der Waals surface area contributed by atoms with Gasteiger partial charge in [-0.25, -0.2) is 0 Å². The highest BCUT2D eigenvalue weighted by atomic mass is 16.4. The van der Waals surface area contributed by atoms with Crippen molar-refractivity contribution in [1.29, 1.82) is 0 Å². The fraction of sp³-hybridized carbons (Fsp3) is 0.375. The van der Waals surface area contributed by atoms with E-state index in [1.54, 1.807) is 24.3 Å². The maximum absolute atomic E-state index is 10.8. The lowest BCUT2D eigenvalue weighted by molar-refractivity contribution is -0.119. The number of amides is 1. The summed E-state index contributed by atoms with van der Waals surface area (Å²) >= 11 is 0. The molecule has 0 saturated heterocycles. The topological polar surface area (TPSA) is 69.6 Å². The van der Waals surface area contributed by atoms with E-state index in [4.69, 9.17) is 10.0 Å². The van der Waals surface area contributed by atoms with E-state index in [-0.39, 0.29) is 5.91 Å². The molecule has 0 spiro atoms. The van der Waals surface area contributed by atoms with Crippen LogP contribution in [-0.2, 0) is 4.79 Å². The number of hydrogen-bond acceptors (Lipinski definition) is 3. The van der Waals surface area contributed by atoms with Gasteiger partial charge in [0, 0.05) is 6.92 Å². The molecule has 0 fully saturated rings. The number of hydrogen-bond donors (Lipinski definition) is 3. The van der Waals surface area contributed by atoms with Crippen molar-refractivity contribution >= 4 is 13.0 Å². The normalized spacial score (nSPS) is 25.8. The van der Waals surface area contributed by atoms with Crippen LogP contribution in [0.2, 0.25) is 0 Å². The quantitative estimate of drug-likeness (QED) is 0.497. The van der Waals surface area contributed by atoms with Crippen LogP contribution in [0.3, 0.4) is 0 Å². The van der Waals surface area contributed by atoms with Crippen LogP contribution >= 0.6 is 0 Å². The first-order valence-electron chi connectivity index (χ1n) is 4.06. The van der Waals surface area contributed by atoms with Gasteiger partial charge < -0.3 is 15.4 Å². The van der Waals surface area contributed by atoms with Gasteiger partial charge in [0.25, 0.3) is 0 Å². The molecule has 0 aromatic heterocycles. The lowest BCUT2D eigenvalue weighted by atomic mass is 9.61. The summed E-state index contributed by atoms with van der Waals surface area (Å²) in [6, 6.07) is 0. The number of carbonyl (C=O) groups is 1. The first kappa shape index (κ1) is 10.0. The number of rotatable bonds is 2. The van der Waals surface area contributed by atoms with Crippen LogP contribution < -0.4 is 5.32 Å². The van der Waals surface area contributed by atoms with Gasteiger partial charge in [0.2, 0.25) is 5.91 Å². The molecule has 0 aliphatic heterocycles. The van der Waals surface area contributed by atoms with Gasteiger partial charge in [0.1, 0.15) is 0 Å². The highest BCUT2D eigenvalue weighted by Gasteiger charge is 2.40. The monoisotopic (exact) mass is 181 g/mol. The molecule has 0 bridgehead atoms. The Bertz CT molecular complexity index is 262. The van der Waals surface area contributed by atoms with Crippen LogP contribution in [0.1, 0.15) is 13.3 Å². The summed E-state index contributed by atoms with van der Waals surface area (Å²) in [5.74, 6) is -0.284. The summed E-state index contributed by atoms with van der Waals surface area (Å²) < 4.78 is 0. The first-order chi connectivity index (χ1) is 6.07. The fourth-order valence-corrected chi connectivity index (χ4v) is 1.31. The molecule has 4 nitrogen and oxygen atoms in total. The van der Waals surface area contributed by atoms with Crippen LogP contribution in [-0.4, -0.2) is 28.5 Å². The average molecular weight is 181 g/mol. The minimum atomic E-state index is -1.59. The molecule has 0 heterocycles. The number of carbonyl (C=O) groups excluding carboxylic acids is 1. The molecule has 1 aliphatic carbocycles. The largest absolute Gasteiger partial charge is 0.483 e. The van der Waals surface area contributed by atoms with E-state index >= 15 is 0 Å². The standard InChI is InChI=1S/C8H12BNO3/c1-7(11)10-8(9(12)13)5-3-2-4-6-8/h2-5,12-13H,6H2,1H3,(H,10,11). The molecule has 0 aromatic rings. The van der Waals surface area contributed by atoms with Crippen LogP contribution in [0.5, 0.6) is 0 Å². The Labute approximate surface area is 77.1 Å². The maximum atomic E-state index is 10.8.